The minimum absolute atomic E-state index is 0.196. The molecule has 1 amide bonds. The zero-order chi connectivity index (χ0) is 20.4. The summed E-state index contributed by atoms with van der Waals surface area (Å²) in [6, 6.07) is 6.07. The van der Waals surface area contributed by atoms with E-state index in [0.29, 0.717) is 30.6 Å². The van der Waals surface area contributed by atoms with Crippen molar-refractivity contribution >= 4 is 17.5 Å². The molecule has 0 unspecified atom stereocenters. The smallest absolute Gasteiger partial charge is 0.258 e. The van der Waals surface area contributed by atoms with Crippen molar-refractivity contribution in [2.45, 2.75) is 45.3 Å². The van der Waals surface area contributed by atoms with Crippen molar-refractivity contribution < 1.29 is 14.3 Å². The number of nitrogens with zero attached hydrogens (tertiary/aromatic N) is 3. The van der Waals surface area contributed by atoms with Gasteiger partial charge in [-0.15, -0.1) is 0 Å². The molecular formula is C22H28N4O3. The number of carbonyl (C=O) groups is 1. The van der Waals surface area contributed by atoms with Crippen LogP contribution in [0.15, 0.2) is 30.6 Å². The maximum atomic E-state index is 12.8. The van der Waals surface area contributed by atoms with E-state index in [4.69, 9.17) is 9.47 Å². The lowest BCUT2D eigenvalue weighted by Gasteiger charge is -2.37. The van der Waals surface area contributed by atoms with Gasteiger partial charge in [0.05, 0.1) is 18.8 Å². The van der Waals surface area contributed by atoms with Crippen LogP contribution in [0.2, 0.25) is 0 Å². The summed E-state index contributed by atoms with van der Waals surface area (Å²) >= 11 is 0. The number of nitrogens with one attached hydrogen (secondary N) is 1. The number of carbonyl (C=O) groups excluding carboxylic acids is 1. The molecular weight excluding hydrogens is 368 g/mol. The van der Waals surface area contributed by atoms with E-state index in [1.807, 2.05) is 25.1 Å². The molecule has 1 aromatic heterocycles. The third kappa shape index (κ3) is 4.11. The Morgan fingerprint density at radius 1 is 1.14 bits per heavy atom. The fraction of sp³-hybridized carbons (Fsp3) is 0.500. The SMILES string of the molecule is Cc1cccc(C(C)C)c1NC(=O)c1cnc(N2CCC3(CC2)OCCO3)nc1. The molecule has 1 spiro atoms. The highest BCUT2D eigenvalue weighted by molar-refractivity contribution is 6.04. The van der Waals surface area contributed by atoms with Gasteiger partial charge in [0.15, 0.2) is 5.79 Å². The number of aryl methyl sites for hydroxylation is 1. The third-order valence-corrected chi connectivity index (χ3v) is 5.69. The highest BCUT2D eigenvalue weighted by atomic mass is 16.7. The molecule has 1 N–H and O–H groups in total. The van der Waals surface area contributed by atoms with Crippen LogP contribution in [0, 0.1) is 6.92 Å². The Kier molecular flexibility index (Phi) is 5.52. The third-order valence-electron chi connectivity index (χ3n) is 5.69. The van der Waals surface area contributed by atoms with Gasteiger partial charge in [-0.1, -0.05) is 32.0 Å². The summed E-state index contributed by atoms with van der Waals surface area (Å²) in [4.78, 5) is 23.7. The Morgan fingerprint density at radius 3 is 2.41 bits per heavy atom. The van der Waals surface area contributed by atoms with Crippen molar-refractivity contribution in [3.63, 3.8) is 0 Å². The van der Waals surface area contributed by atoms with Gasteiger partial charge in [0.25, 0.3) is 5.91 Å². The van der Waals surface area contributed by atoms with Crippen molar-refractivity contribution in [3.05, 3.63) is 47.3 Å². The second-order valence-electron chi connectivity index (χ2n) is 8.01. The Balaban J connectivity index is 1.43. The largest absolute Gasteiger partial charge is 0.347 e. The van der Waals surface area contributed by atoms with Crippen LogP contribution in [0.25, 0.3) is 0 Å². The number of hydrogen-bond donors (Lipinski definition) is 1. The molecule has 7 heteroatoms. The summed E-state index contributed by atoms with van der Waals surface area (Å²) in [6.07, 6.45) is 4.78. The van der Waals surface area contributed by atoms with E-state index in [-0.39, 0.29) is 5.91 Å². The maximum absolute atomic E-state index is 12.8. The van der Waals surface area contributed by atoms with Crippen molar-refractivity contribution in [1.82, 2.24) is 9.97 Å². The van der Waals surface area contributed by atoms with E-state index in [2.05, 4.69) is 34.0 Å². The minimum atomic E-state index is -0.419. The topological polar surface area (TPSA) is 76.6 Å². The van der Waals surface area contributed by atoms with E-state index in [1.54, 1.807) is 12.4 Å². The molecule has 0 radical (unpaired) electrons. The van der Waals surface area contributed by atoms with E-state index in [1.165, 1.54) is 0 Å². The molecule has 0 aliphatic carbocycles. The van der Waals surface area contributed by atoms with Crippen LogP contribution in [-0.2, 0) is 9.47 Å². The molecule has 0 atom stereocenters. The van der Waals surface area contributed by atoms with Crippen molar-refractivity contribution in [3.8, 4) is 0 Å². The fourth-order valence-electron chi connectivity index (χ4n) is 3.96. The number of anilines is 2. The summed E-state index contributed by atoms with van der Waals surface area (Å²) in [6.45, 7) is 9.11. The second-order valence-corrected chi connectivity index (χ2v) is 8.01. The van der Waals surface area contributed by atoms with Crippen LogP contribution in [-0.4, -0.2) is 48.0 Å². The van der Waals surface area contributed by atoms with Gasteiger partial charge < -0.3 is 19.7 Å². The first-order valence-electron chi connectivity index (χ1n) is 10.2. The van der Waals surface area contributed by atoms with Gasteiger partial charge in [-0.25, -0.2) is 9.97 Å². The Bertz CT molecular complexity index is 866. The average molecular weight is 396 g/mol. The normalized spacial score (nSPS) is 18.4. The van der Waals surface area contributed by atoms with Gasteiger partial charge in [-0.3, -0.25) is 4.79 Å². The Hall–Kier alpha value is -2.51. The summed E-state index contributed by atoms with van der Waals surface area (Å²) in [5.41, 5.74) is 3.48. The van der Waals surface area contributed by atoms with Gasteiger partial charge in [-0.05, 0) is 24.0 Å². The molecule has 0 saturated carbocycles. The van der Waals surface area contributed by atoms with E-state index in [0.717, 1.165) is 42.7 Å². The number of hydrogen-bond acceptors (Lipinski definition) is 6. The average Bonchev–Trinajstić information content (AvgIpc) is 3.18. The Labute approximate surface area is 171 Å². The van der Waals surface area contributed by atoms with Crippen LogP contribution in [0.3, 0.4) is 0 Å². The van der Waals surface area contributed by atoms with Crippen LogP contribution in [0.4, 0.5) is 11.6 Å². The number of ether oxygens (including phenoxy) is 2. The predicted octanol–water partition coefficient (Wildman–Crippen LogP) is 3.50. The molecule has 2 saturated heterocycles. The lowest BCUT2D eigenvalue weighted by Crippen LogP contribution is -2.45. The van der Waals surface area contributed by atoms with Crippen LogP contribution in [0.1, 0.15) is 54.1 Å². The zero-order valence-corrected chi connectivity index (χ0v) is 17.3. The van der Waals surface area contributed by atoms with Gasteiger partial charge in [0, 0.05) is 44.0 Å². The fourth-order valence-corrected chi connectivity index (χ4v) is 3.96. The lowest BCUT2D eigenvalue weighted by atomic mass is 9.98. The molecule has 2 aliphatic heterocycles. The summed E-state index contributed by atoms with van der Waals surface area (Å²) in [5, 5.41) is 3.04. The number of para-hydroxylation sites is 1. The molecule has 2 aromatic rings. The molecule has 154 valence electrons. The van der Waals surface area contributed by atoms with Crippen LogP contribution < -0.4 is 10.2 Å². The molecule has 0 bridgehead atoms. The molecule has 2 fully saturated rings. The van der Waals surface area contributed by atoms with Crippen molar-refractivity contribution in [2.24, 2.45) is 0 Å². The van der Waals surface area contributed by atoms with Crippen LogP contribution in [0.5, 0.6) is 0 Å². The number of piperidine rings is 1. The first-order valence-corrected chi connectivity index (χ1v) is 10.2. The number of amides is 1. The number of aromatic nitrogens is 2. The van der Waals surface area contributed by atoms with Gasteiger partial charge >= 0.3 is 0 Å². The zero-order valence-electron chi connectivity index (χ0n) is 17.3. The highest BCUT2D eigenvalue weighted by Gasteiger charge is 2.40. The van der Waals surface area contributed by atoms with E-state index >= 15 is 0 Å². The molecule has 1 aromatic carbocycles. The quantitative estimate of drug-likeness (QED) is 0.852. The molecule has 29 heavy (non-hydrogen) atoms. The monoisotopic (exact) mass is 396 g/mol. The number of rotatable bonds is 4. The molecule has 2 aliphatic rings. The second kappa shape index (κ2) is 8.08. The standard InChI is InChI=1S/C22H28N4O3/c1-15(2)18-6-4-5-16(3)19(18)25-20(27)17-13-23-21(24-14-17)26-9-7-22(8-10-26)28-11-12-29-22/h4-6,13-15H,7-12H2,1-3H3,(H,25,27). The van der Waals surface area contributed by atoms with Crippen molar-refractivity contribution in [1.29, 1.82) is 0 Å². The number of benzene rings is 1. The Morgan fingerprint density at radius 2 is 1.79 bits per heavy atom. The maximum Gasteiger partial charge on any atom is 0.258 e. The van der Waals surface area contributed by atoms with E-state index < -0.39 is 5.79 Å². The van der Waals surface area contributed by atoms with Gasteiger partial charge in [0.1, 0.15) is 0 Å². The molecule has 3 heterocycles. The summed E-state index contributed by atoms with van der Waals surface area (Å²) in [7, 11) is 0. The van der Waals surface area contributed by atoms with Crippen LogP contribution >= 0.6 is 0 Å². The van der Waals surface area contributed by atoms with Gasteiger partial charge in [-0.2, -0.15) is 0 Å². The molecule has 7 nitrogen and oxygen atoms in total. The first-order chi connectivity index (χ1) is 14.0. The van der Waals surface area contributed by atoms with Crippen molar-refractivity contribution in [2.75, 3.05) is 36.5 Å². The van der Waals surface area contributed by atoms with E-state index in [9.17, 15) is 4.79 Å². The summed E-state index contributed by atoms with van der Waals surface area (Å²) < 4.78 is 11.5. The minimum Gasteiger partial charge on any atom is -0.347 e. The lowest BCUT2D eigenvalue weighted by molar-refractivity contribution is -0.169. The molecule has 4 rings (SSSR count). The highest BCUT2D eigenvalue weighted by Crippen LogP contribution is 2.32. The van der Waals surface area contributed by atoms with Gasteiger partial charge in [0.2, 0.25) is 5.95 Å². The first kappa shape index (κ1) is 19.8. The predicted molar refractivity (Wildman–Crippen MR) is 111 cm³/mol. The summed E-state index contributed by atoms with van der Waals surface area (Å²) in [5.74, 6) is 0.336.